The van der Waals surface area contributed by atoms with Gasteiger partial charge in [-0.15, -0.1) is 36.2 Å². The molecule has 3 aromatic rings. The maximum atomic E-state index is 13.9. The van der Waals surface area contributed by atoms with Crippen LogP contribution in [0.25, 0.3) is 10.4 Å². The van der Waals surface area contributed by atoms with Crippen LogP contribution in [0.2, 0.25) is 0 Å². The van der Waals surface area contributed by atoms with E-state index in [4.69, 9.17) is 4.99 Å². The molecule has 0 aliphatic carbocycles. The number of hydrogen-bond acceptors (Lipinski definition) is 5. The minimum absolute atomic E-state index is 0. The van der Waals surface area contributed by atoms with Crippen LogP contribution in [0.5, 0.6) is 0 Å². The molecule has 2 aliphatic heterocycles. The smallest absolute Gasteiger partial charge is 0.139 e. The van der Waals surface area contributed by atoms with E-state index >= 15 is 0 Å². The first-order valence-corrected chi connectivity index (χ1v) is 10.3. The minimum atomic E-state index is -0.266. The molecule has 0 atom stereocenters. The van der Waals surface area contributed by atoms with Gasteiger partial charge in [0.1, 0.15) is 16.7 Å². The van der Waals surface area contributed by atoms with Crippen LogP contribution in [-0.4, -0.2) is 54.3 Å². The van der Waals surface area contributed by atoms with Crippen LogP contribution >= 0.6 is 36.2 Å². The largest absolute Gasteiger partial charge is 0.412 e. The third-order valence-electron chi connectivity index (χ3n) is 5.27. The molecule has 1 fully saturated rings. The van der Waals surface area contributed by atoms with Crippen LogP contribution in [0.4, 0.5) is 20.8 Å². The highest BCUT2D eigenvalue weighted by Gasteiger charge is 2.26. The third-order valence-corrected chi connectivity index (χ3v) is 6.37. The van der Waals surface area contributed by atoms with Crippen molar-refractivity contribution < 1.29 is 9.87 Å². The lowest BCUT2D eigenvalue weighted by Gasteiger charge is -2.34. The van der Waals surface area contributed by atoms with E-state index in [0.29, 0.717) is 5.69 Å². The van der Waals surface area contributed by atoms with Crippen LogP contribution in [0.15, 0.2) is 59.6 Å². The maximum absolute atomic E-state index is 13.9. The topological polar surface area (TPSA) is 62.4 Å². The number of nitrogens with one attached hydrogen (secondary N) is 1. The zero-order valence-corrected chi connectivity index (χ0v) is 19.4. The Hall–Kier alpha value is -2.16. The van der Waals surface area contributed by atoms with E-state index in [9.17, 15) is 4.39 Å². The Bertz CT molecular complexity index is 1050. The van der Waals surface area contributed by atoms with Gasteiger partial charge in [-0.3, -0.25) is 0 Å². The molecule has 0 unspecified atom stereocenters. The fraction of sp³-hybridized carbons (Fsp3) is 0.227. The van der Waals surface area contributed by atoms with Crippen molar-refractivity contribution in [1.82, 2.24) is 9.80 Å². The van der Waals surface area contributed by atoms with E-state index in [2.05, 4.69) is 52.5 Å². The Morgan fingerprint density at radius 2 is 1.68 bits per heavy atom. The molecule has 0 radical (unpaired) electrons. The summed E-state index contributed by atoms with van der Waals surface area (Å²) < 4.78 is 13.9. The third kappa shape index (κ3) is 5.02. The summed E-state index contributed by atoms with van der Waals surface area (Å²) in [4.78, 5) is 10.8. The van der Waals surface area contributed by atoms with Gasteiger partial charge >= 0.3 is 0 Å². The van der Waals surface area contributed by atoms with Crippen molar-refractivity contribution >= 4 is 58.4 Å². The van der Waals surface area contributed by atoms with E-state index < -0.39 is 0 Å². The van der Waals surface area contributed by atoms with Gasteiger partial charge in [-0.2, -0.15) is 0 Å². The number of nitrogens with zero attached hydrogens (tertiary/aromatic N) is 3. The number of aliphatic imine (C=N–C) groups is 1. The summed E-state index contributed by atoms with van der Waals surface area (Å²) in [6.07, 6.45) is 0. The summed E-state index contributed by atoms with van der Waals surface area (Å²) in [6.45, 7) is 3.81. The highest BCUT2D eigenvalue weighted by molar-refractivity contribution is 7.20. The van der Waals surface area contributed by atoms with Crippen molar-refractivity contribution in [3.63, 3.8) is 0 Å². The highest BCUT2D eigenvalue weighted by Crippen LogP contribution is 2.42. The number of amidine groups is 1. The van der Waals surface area contributed by atoms with E-state index in [1.165, 1.54) is 22.6 Å². The molecule has 0 bridgehead atoms. The van der Waals surface area contributed by atoms with Crippen LogP contribution in [-0.2, 0) is 0 Å². The zero-order chi connectivity index (χ0) is 19.1. The second-order valence-corrected chi connectivity index (χ2v) is 8.28. The molecule has 1 saturated heterocycles. The second-order valence-electron chi connectivity index (χ2n) is 7.23. The number of rotatable bonds is 1. The maximum Gasteiger partial charge on any atom is 0.139 e. The fourth-order valence-corrected chi connectivity index (χ4v) is 4.73. The number of thiophene rings is 1. The summed E-state index contributed by atoms with van der Waals surface area (Å²) in [5.41, 5.74) is 3.77. The summed E-state index contributed by atoms with van der Waals surface area (Å²) in [5.74, 6) is 0.663. The molecular weight excluding hydrogens is 458 g/mol. The van der Waals surface area contributed by atoms with Crippen molar-refractivity contribution in [2.45, 2.75) is 0 Å². The van der Waals surface area contributed by atoms with E-state index in [-0.39, 0.29) is 36.1 Å². The lowest BCUT2D eigenvalue weighted by molar-refractivity contribution is 0.216. The number of piperazine rings is 1. The monoisotopic (exact) mass is 482 g/mol. The predicted octanol–water partition coefficient (Wildman–Crippen LogP) is 4.96. The normalized spacial score (nSPS) is 15.0. The Morgan fingerprint density at radius 1 is 0.968 bits per heavy atom. The SMILES string of the molecule is CN1CCN(C2=Nc3cc(F)ccc3Nc3sc(-c4ccccc4)cc32)CC1.Cl.Cl.O. The molecule has 0 spiro atoms. The Morgan fingerprint density at radius 3 is 2.39 bits per heavy atom. The number of fused-ring (bicyclic) bond motifs is 2. The van der Waals surface area contributed by atoms with Crippen LogP contribution in [0.1, 0.15) is 5.56 Å². The van der Waals surface area contributed by atoms with Crippen molar-refractivity contribution in [2.24, 2.45) is 4.99 Å². The van der Waals surface area contributed by atoms with Crippen molar-refractivity contribution in [2.75, 3.05) is 38.5 Å². The average Bonchev–Trinajstić information content (AvgIpc) is 3.07. The number of benzene rings is 2. The molecule has 0 saturated carbocycles. The lowest BCUT2D eigenvalue weighted by atomic mass is 10.1. The van der Waals surface area contributed by atoms with Gasteiger partial charge in [0, 0.05) is 37.1 Å². The zero-order valence-electron chi connectivity index (χ0n) is 17.0. The molecule has 1 aromatic heterocycles. The molecule has 2 aromatic carbocycles. The summed E-state index contributed by atoms with van der Waals surface area (Å²) >= 11 is 1.72. The second kappa shape index (κ2) is 10.4. The first kappa shape index (κ1) is 25.1. The Kier molecular flexibility index (Phi) is 8.45. The van der Waals surface area contributed by atoms with Gasteiger partial charge in [-0.05, 0) is 30.8 Å². The number of halogens is 3. The van der Waals surface area contributed by atoms with Gasteiger partial charge in [0.2, 0.25) is 0 Å². The summed E-state index contributed by atoms with van der Waals surface area (Å²) in [7, 11) is 2.14. The van der Waals surface area contributed by atoms with E-state index in [1.54, 1.807) is 17.4 Å². The van der Waals surface area contributed by atoms with Gasteiger partial charge in [0.25, 0.3) is 0 Å². The Balaban J connectivity index is 0.00000114. The molecule has 5 nitrogen and oxygen atoms in total. The van der Waals surface area contributed by atoms with Crippen molar-refractivity contribution in [1.29, 1.82) is 0 Å². The van der Waals surface area contributed by atoms with Gasteiger partial charge < -0.3 is 20.6 Å². The molecule has 31 heavy (non-hydrogen) atoms. The molecule has 3 N–H and O–H groups in total. The first-order valence-electron chi connectivity index (χ1n) is 9.46. The van der Waals surface area contributed by atoms with Crippen LogP contribution in [0, 0.1) is 5.82 Å². The molecule has 0 amide bonds. The summed E-state index contributed by atoms with van der Waals surface area (Å²) in [5, 5.41) is 4.56. The van der Waals surface area contributed by atoms with Gasteiger partial charge in [0.05, 0.1) is 16.9 Å². The number of likely N-dealkylation sites (N-methyl/N-ethyl adjacent to an activating group) is 1. The molecule has 5 rings (SSSR count). The molecular formula is C22H25Cl2FN4OS. The predicted molar refractivity (Wildman–Crippen MR) is 133 cm³/mol. The van der Waals surface area contributed by atoms with Crippen LogP contribution < -0.4 is 5.32 Å². The van der Waals surface area contributed by atoms with Gasteiger partial charge in [-0.1, -0.05) is 30.3 Å². The average molecular weight is 483 g/mol. The fourth-order valence-electron chi connectivity index (χ4n) is 3.65. The standard InChI is InChI=1S/C22H21FN4S.2ClH.H2O/c1-26-9-11-27(12-10-26)21-17-14-20(15-5-3-2-4-6-15)28-22(17)25-18-8-7-16(23)13-19(18)24-21;;;/h2-8,13-14,25H,9-12H2,1H3;2*1H;1H2. The van der Waals surface area contributed by atoms with Crippen LogP contribution in [0.3, 0.4) is 0 Å². The quantitative estimate of drug-likeness (QED) is 0.533. The van der Waals surface area contributed by atoms with E-state index in [0.717, 1.165) is 48.3 Å². The van der Waals surface area contributed by atoms with E-state index in [1.807, 2.05) is 6.07 Å². The van der Waals surface area contributed by atoms with Gasteiger partial charge in [-0.25, -0.2) is 9.38 Å². The number of anilines is 2. The highest BCUT2D eigenvalue weighted by atomic mass is 35.5. The molecule has 3 heterocycles. The molecule has 9 heteroatoms. The number of hydrogen-bond donors (Lipinski definition) is 1. The summed E-state index contributed by atoms with van der Waals surface area (Å²) in [6, 6.07) is 17.4. The Labute approximate surface area is 197 Å². The molecule has 2 aliphatic rings. The van der Waals surface area contributed by atoms with Crippen molar-refractivity contribution in [3.05, 3.63) is 66.0 Å². The van der Waals surface area contributed by atoms with Crippen molar-refractivity contribution in [3.8, 4) is 10.4 Å². The lowest BCUT2D eigenvalue weighted by Crippen LogP contribution is -2.47. The molecule has 166 valence electrons. The minimum Gasteiger partial charge on any atom is -0.412 e. The first-order chi connectivity index (χ1) is 13.7. The van der Waals surface area contributed by atoms with Gasteiger partial charge in [0.15, 0.2) is 0 Å².